The average molecular weight is 316 g/mol. The average Bonchev–Trinajstić information content (AvgIpc) is 2.97. The lowest BCUT2D eigenvalue weighted by Crippen LogP contribution is -2.47. The molecule has 23 heavy (non-hydrogen) atoms. The molecule has 2 aromatic rings. The Labute approximate surface area is 135 Å². The second-order valence-electron chi connectivity index (χ2n) is 5.71. The normalized spacial score (nSPS) is 13.7. The van der Waals surface area contributed by atoms with Gasteiger partial charge in [0.1, 0.15) is 6.29 Å². The summed E-state index contributed by atoms with van der Waals surface area (Å²) in [4.78, 5) is 26.4. The van der Waals surface area contributed by atoms with Crippen LogP contribution in [0.15, 0.2) is 30.5 Å². The quantitative estimate of drug-likeness (QED) is 0.405. The van der Waals surface area contributed by atoms with E-state index in [1.807, 2.05) is 30.5 Å². The number of aromatic amines is 1. The van der Waals surface area contributed by atoms with Gasteiger partial charge >= 0.3 is 0 Å². The van der Waals surface area contributed by atoms with Gasteiger partial charge in [0.05, 0.1) is 12.1 Å². The van der Waals surface area contributed by atoms with Gasteiger partial charge in [-0.05, 0) is 43.9 Å². The molecule has 0 radical (unpaired) electrons. The van der Waals surface area contributed by atoms with Crippen LogP contribution in [0.1, 0.15) is 24.8 Å². The number of nitrogens with two attached hydrogens (primary N) is 2. The number of hydrogen-bond donors (Lipinski definition) is 4. The summed E-state index contributed by atoms with van der Waals surface area (Å²) in [5.41, 5.74) is 13.4. The third-order valence-electron chi connectivity index (χ3n) is 3.91. The second-order valence-corrected chi connectivity index (χ2v) is 5.71. The van der Waals surface area contributed by atoms with Crippen molar-refractivity contribution >= 4 is 23.1 Å². The molecule has 2 rings (SSSR count). The Bertz CT molecular complexity index is 653. The van der Waals surface area contributed by atoms with E-state index in [1.165, 1.54) is 0 Å². The van der Waals surface area contributed by atoms with E-state index in [4.69, 9.17) is 11.5 Å². The van der Waals surface area contributed by atoms with Crippen LogP contribution in [0.2, 0.25) is 0 Å². The molecular formula is C17H24N4O2. The van der Waals surface area contributed by atoms with Gasteiger partial charge < -0.3 is 26.6 Å². The van der Waals surface area contributed by atoms with E-state index in [0.29, 0.717) is 19.4 Å². The van der Waals surface area contributed by atoms with E-state index in [-0.39, 0.29) is 5.91 Å². The molecule has 0 bridgehead atoms. The number of carbonyl (C=O) groups excluding carboxylic acids is 2. The van der Waals surface area contributed by atoms with Gasteiger partial charge in [0.2, 0.25) is 5.91 Å². The van der Waals surface area contributed by atoms with Crippen LogP contribution in [0.25, 0.3) is 10.9 Å². The van der Waals surface area contributed by atoms with Crippen molar-refractivity contribution in [3.63, 3.8) is 0 Å². The molecule has 0 aliphatic rings. The van der Waals surface area contributed by atoms with Gasteiger partial charge in [-0.15, -0.1) is 0 Å². The Morgan fingerprint density at radius 2 is 2.09 bits per heavy atom. The molecule has 0 aliphatic carbocycles. The molecule has 1 aromatic carbocycles. The van der Waals surface area contributed by atoms with Crippen molar-refractivity contribution in [2.75, 3.05) is 6.54 Å². The highest BCUT2D eigenvalue weighted by Gasteiger charge is 2.19. The number of unbranched alkanes of at least 4 members (excludes halogenated alkanes) is 1. The van der Waals surface area contributed by atoms with Crippen LogP contribution in [-0.2, 0) is 16.0 Å². The number of nitrogens with one attached hydrogen (secondary N) is 2. The molecule has 1 heterocycles. The molecule has 1 amide bonds. The van der Waals surface area contributed by atoms with Crippen LogP contribution in [0.5, 0.6) is 0 Å². The summed E-state index contributed by atoms with van der Waals surface area (Å²) >= 11 is 0. The molecule has 0 spiro atoms. The number of rotatable bonds is 9. The van der Waals surface area contributed by atoms with Crippen LogP contribution in [-0.4, -0.2) is 35.8 Å². The standard InChI is InChI=1S/C17H24N4O2/c18-8-4-3-5-13(11-22)21-17(23)15(19)9-12-10-20-16-7-2-1-6-14(12)16/h1-2,6-7,10-11,13,15,20H,3-5,8-9,18-19H2,(H,21,23)/t13-,15-/m0/s1. The number of carbonyl (C=O) groups is 2. The predicted octanol–water partition coefficient (Wildman–Crippen LogP) is 0.850. The van der Waals surface area contributed by atoms with E-state index < -0.39 is 12.1 Å². The number of amides is 1. The third kappa shape index (κ3) is 4.64. The molecule has 0 saturated heterocycles. The Morgan fingerprint density at radius 3 is 2.83 bits per heavy atom. The first-order chi connectivity index (χ1) is 11.2. The Hall–Kier alpha value is -2.18. The topological polar surface area (TPSA) is 114 Å². The highest BCUT2D eigenvalue weighted by molar-refractivity contribution is 5.87. The minimum Gasteiger partial charge on any atom is -0.361 e. The van der Waals surface area contributed by atoms with Crippen molar-refractivity contribution in [2.45, 2.75) is 37.8 Å². The van der Waals surface area contributed by atoms with Gasteiger partial charge in [0, 0.05) is 17.1 Å². The zero-order valence-corrected chi connectivity index (χ0v) is 13.1. The molecule has 0 aliphatic heterocycles. The predicted molar refractivity (Wildman–Crippen MR) is 90.9 cm³/mol. The first kappa shape index (κ1) is 17.2. The number of aldehydes is 1. The zero-order chi connectivity index (χ0) is 16.7. The summed E-state index contributed by atoms with van der Waals surface area (Å²) in [6.45, 7) is 0.583. The van der Waals surface area contributed by atoms with Gasteiger partial charge in [-0.2, -0.15) is 0 Å². The summed E-state index contributed by atoms with van der Waals surface area (Å²) in [6, 6.07) is 6.68. The summed E-state index contributed by atoms with van der Waals surface area (Å²) in [6.07, 6.45) is 5.28. The van der Waals surface area contributed by atoms with Crippen LogP contribution < -0.4 is 16.8 Å². The van der Waals surface area contributed by atoms with Crippen molar-refractivity contribution in [3.8, 4) is 0 Å². The number of benzene rings is 1. The maximum Gasteiger partial charge on any atom is 0.237 e. The summed E-state index contributed by atoms with van der Waals surface area (Å²) < 4.78 is 0. The molecule has 6 N–H and O–H groups in total. The number of fused-ring (bicyclic) bond motifs is 1. The van der Waals surface area contributed by atoms with Crippen LogP contribution in [0.4, 0.5) is 0 Å². The monoisotopic (exact) mass is 316 g/mol. The maximum atomic E-state index is 12.2. The highest BCUT2D eigenvalue weighted by atomic mass is 16.2. The fourth-order valence-electron chi connectivity index (χ4n) is 2.60. The van der Waals surface area contributed by atoms with E-state index >= 15 is 0 Å². The van der Waals surface area contributed by atoms with Crippen LogP contribution >= 0.6 is 0 Å². The largest absolute Gasteiger partial charge is 0.361 e. The number of aromatic nitrogens is 1. The van der Waals surface area contributed by atoms with Crippen molar-refractivity contribution in [2.24, 2.45) is 11.5 Å². The molecule has 0 fully saturated rings. The van der Waals surface area contributed by atoms with Gasteiger partial charge in [-0.3, -0.25) is 4.79 Å². The zero-order valence-electron chi connectivity index (χ0n) is 13.1. The van der Waals surface area contributed by atoms with Crippen LogP contribution in [0.3, 0.4) is 0 Å². The Kier molecular flexibility index (Phi) is 6.31. The van der Waals surface area contributed by atoms with Gasteiger partial charge in [0.15, 0.2) is 0 Å². The Balaban J connectivity index is 1.92. The third-order valence-corrected chi connectivity index (χ3v) is 3.91. The summed E-state index contributed by atoms with van der Waals surface area (Å²) in [5, 5.41) is 3.76. The molecule has 0 saturated carbocycles. The minimum atomic E-state index is -0.689. The van der Waals surface area contributed by atoms with E-state index in [1.54, 1.807) is 0 Å². The molecule has 6 heteroatoms. The van der Waals surface area contributed by atoms with E-state index in [9.17, 15) is 9.59 Å². The van der Waals surface area contributed by atoms with E-state index in [2.05, 4.69) is 10.3 Å². The lowest BCUT2D eigenvalue weighted by Gasteiger charge is -2.16. The fraction of sp³-hybridized carbons (Fsp3) is 0.412. The smallest absolute Gasteiger partial charge is 0.237 e. The van der Waals surface area contributed by atoms with Crippen molar-refractivity contribution < 1.29 is 9.59 Å². The van der Waals surface area contributed by atoms with Gasteiger partial charge in [0.25, 0.3) is 0 Å². The highest BCUT2D eigenvalue weighted by Crippen LogP contribution is 2.18. The maximum absolute atomic E-state index is 12.2. The summed E-state index contributed by atoms with van der Waals surface area (Å²) in [5.74, 6) is -0.305. The first-order valence-electron chi connectivity index (χ1n) is 7.92. The van der Waals surface area contributed by atoms with E-state index in [0.717, 1.165) is 35.6 Å². The van der Waals surface area contributed by atoms with Crippen molar-refractivity contribution in [1.29, 1.82) is 0 Å². The molecule has 0 unspecified atom stereocenters. The van der Waals surface area contributed by atoms with Gasteiger partial charge in [-0.25, -0.2) is 0 Å². The fourth-order valence-corrected chi connectivity index (χ4v) is 2.60. The lowest BCUT2D eigenvalue weighted by molar-refractivity contribution is -0.125. The van der Waals surface area contributed by atoms with Crippen molar-refractivity contribution in [1.82, 2.24) is 10.3 Å². The molecule has 124 valence electrons. The molecular weight excluding hydrogens is 292 g/mol. The van der Waals surface area contributed by atoms with Crippen molar-refractivity contribution in [3.05, 3.63) is 36.0 Å². The minimum absolute atomic E-state index is 0.305. The summed E-state index contributed by atoms with van der Waals surface area (Å²) in [7, 11) is 0. The Morgan fingerprint density at radius 1 is 1.30 bits per heavy atom. The number of H-pyrrole nitrogens is 1. The van der Waals surface area contributed by atoms with Crippen LogP contribution in [0, 0.1) is 0 Å². The lowest BCUT2D eigenvalue weighted by atomic mass is 10.0. The second kappa shape index (κ2) is 8.45. The SMILES string of the molecule is NCCCC[C@@H](C=O)NC(=O)[C@@H](N)Cc1c[nH]c2ccccc12. The van der Waals surface area contributed by atoms with Gasteiger partial charge in [-0.1, -0.05) is 18.2 Å². The molecule has 6 nitrogen and oxygen atoms in total. The number of para-hydroxylation sites is 1. The number of hydrogen-bond acceptors (Lipinski definition) is 4. The molecule has 2 atom stereocenters. The first-order valence-corrected chi connectivity index (χ1v) is 7.92. The molecule has 1 aromatic heterocycles.